The number of hydrogen-bond donors (Lipinski definition) is 0. The van der Waals surface area contributed by atoms with Crippen LogP contribution in [-0.4, -0.2) is 9.97 Å². The molecule has 84 valence electrons. The Morgan fingerprint density at radius 1 is 1.12 bits per heavy atom. The molecule has 0 aliphatic carbocycles. The monoisotopic (exact) mass is 241 g/mol. The van der Waals surface area contributed by atoms with Crippen molar-refractivity contribution in [3.05, 3.63) is 47.4 Å². The second kappa shape index (κ2) is 4.98. The van der Waals surface area contributed by atoms with Crippen molar-refractivity contribution in [1.29, 1.82) is 5.26 Å². The van der Waals surface area contributed by atoms with Crippen molar-refractivity contribution in [3.63, 3.8) is 0 Å². The molecule has 0 bridgehead atoms. The van der Waals surface area contributed by atoms with E-state index in [-0.39, 0.29) is 0 Å². The predicted octanol–water partition coefficient (Wildman–Crippen LogP) is 3.12. The van der Waals surface area contributed by atoms with E-state index >= 15 is 0 Å². The first kappa shape index (κ1) is 11.6. The summed E-state index contributed by atoms with van der Waals surface area (Å²) in [5.41, 5.74) is 2.88. The molecule has 0 aliphatic heterocycles. The van der Waals surface area contributed by atoms with E-state index < -0.39 is 0 Å². The molecule has 4 heteroatoms. The maximum Gasteiger partial charge on any atom is 0.158 e. The molecule has 0 spiro atoms. The van der Waals surface area contributed by atoms with E-state index in [0.29, 0.717) is 5.69 Å². The van der Waals surface area contributed by atoms with Crippen LogP contribution in [0.3, 0.4) is 0 Å². The second-order valence-corrected chi connectivity index (χ2v) is 4.79. The average molecular weight is 241 g/mol. The van der Waals surface area contributed by atoms with Crippen molar-refractivity contribution >= 4 is 11.8 Å². The highest BCUT2D eigenvalue weighted by Gasteiger charge is 2.01. The van der Waals surface area contributed by atoms with E-state index in [1.54, 1.807) is 18.0 Å². The molecule has 2 rings (SSSR count). The minimum Gasteiger partial charge on any atom is -0.245 e. The molecule has 0 fully saturated rings. The van der Waals surface area contributed by atoms with Gasteiger partial charge in [0.1, 0.15) is 11.1 Å². The number of aryl methyl sites for hydroxylation is 2. The van der Waals surface area contributed by atoms with Crippen LogP contribution < -0.4 is 0 Å². The van der Waals surface area contributed by atoms with E-state index in [1.807, 2.05) is 6.07 Å². The van der Waals surface area contributed by atoms with Gasteiger partial charge in [0.2, 0.25) is 0 Å². The van der Waals surface area contributed by atoms with Gasteiger partial charge >= 0.3 is 0 Å². The highest BCUT2D eigenvalue weighted by molar-refractivity contribution is 7.99. The molecule has 2 aromatic rings. The number of benzene rings is 1. The Morgan fingerprint density at radius 3 is 2.53 bits per heavy atom. The Kier molecular flexibility index (Phi) is 3.40. The molecule has 0 amide bonds. The number of nitrogens with zero attached hydrogens (tertiary/aromatic N) is 3. The van der Waals surface area contributed by atoms with Gasteiger partial charge in [0.15, 0.2) is 5.69 Å². The van der Waals surface area contributed by atoms with E-state index in [1.165, 1.54) is 17.3 Å². The Balaban J connectivity index is 2.20. The van der Waals surface area contributed by atoms with E-state index in [9.17, 15) is 0 Å². The first-order valence-electron chi connectivity index (χ1n) is 5.16. The molecule has 1 heterocycles. The van der Waals surface area contributed by atoms with Crippen LogP contribution in [0.25, 0.3) is 0 Å². The standard InChI is InChI=1S/C13H11N3S/c1-9-3-4-12(5-10(9)2)17-13-8-15-11(6-14)7-16-13/h3-5,7-8H,1-2H3. The zero-order chi connectivity index (χ0) is 12.3. The van der Waals surface area contributed by atoms with Gasteiger partial charge in [0, 0.05) is 4.90 Å². The van der Waals surface area contributed by atoms with Crippen LogP contribution >= 0.6 is 11.8 Å². The number of hydrogen-bond acceptors (Lipinski definition) is 4. The molecule has 0 saturated carbocycles. The number of aromatic nitrogens is 2. The maximum absolute atomic E-state index is 8.63. The largest absolute Gasteiger partial charge is 0.245 e. The lowest BCUT2D eigenvalue weighted by molar-refractivity contribution is 1.04. The fourth-order valence-electron chi connectivity index (χ4n) is 1.32. The summed E-state index contributed by atoms with van der Waals surface area (Å²) in [7, 11) is 0. The third-order valence-corrected chi connectivity index (χ3v) is 3.35. The number of nitriles is 1. The van der Waals surface area contributed by atoms with Crippen molar-refractivity contribution in [2.24, 2.45) is 0 Å². The third kappa shape index (κ3) is 2.83. The summed E-state index contributed by atoms with van der Waals surface area (Å²) in [5, 5.41) is 9.42. The van der Waals surface area contributed by atoms with E-state index in [4.69, 9.17) is 5.26 Å². The minimum absolute atomic E-state index is 0.342. The summed E-state index contributed by atoms with van der Waals surface area (Å²) in [4.78, 5) is 9.30. The van der Waals surface area contributed by atoms with Crippen LogP contribution in [0.5, 0.6) is 0 Å². The predicted molar refractivity (Wildman–Crippen MR) is 66.8 cm³/mol. The SMILES string of the molecule is Cc1ccc(Sc2cnc(C#N)cn2)cc1C. The van der Waals surface area contributed by atoms with Gasteiger partial charge in [0.05, 0.1) is 12.4 Å². The van der Waals surface area contributed by atoms with Crippen LogP contribution in [0, 0.1) is 25.2 Å². The van der Waals surface area contributed by atoms with E-state index in [0.717, 1.165) is 9.92 Å². The Morgan fingerprint density at radius 2 is 1.94 bits per heavy atom. The molecule has 0 unspecified atom stereocenters. The highest BCUT2D eigenvalue weighted by atomic mass is 32.2. The molecule has 0 N–H and O–H groups in total. The van der Waals surface area contributed by atoms with Gasteiger partial charge in [-0.2, -0.15) is 5.26 Å². The molecule has 1 aromatic carbocycles. The minimum atomic E-state index is 0.342. The fourth-order valence-corrected chi connectivity index (χ4v) is 2.15. The van der Waals surface area contributed by atoms with Gasteiger partial charge in [-0.3, -0.25) is 0 Å². The molecule has 1 aromatic heterocycles. The highest BCUT2D eigenvalue weighted by Crippen LogP contribution is 2.26. The molecule has 0 aliphatic rings. The van der Waals surface area contributed by atoms with Gasteiger partial charge < -0.3 is 0 Å². The van der Waals surface area contributed by atoms with Crippen LogP contribution in [0.4, 0.5) is 0 Å². The lowest BCUT2D eigenvalue weighted by Gasteiger charge is -2.04. The summed E-state index contributed by atoms with van der Waals surface area (Å²) in [5.74, 6) is 0. The lowest BCUT2D eigenvalue weighted by atomic mass is 10.1. The summed E-state index contributed by atoms with van der Waals surface area (Å²) < 4.78 is 0. The molecule has 17 heavy (non-hydrogen) atoms. The van der Waals surface area contributed by atoms with Gasteiger partial charge in [0.25, 0.3) is 0 Å². The summed E-state index contributed by atoms with van der Waals surface area (Å²) in [6.45, 7) is 4.18. The quantitative estimate of drug-likeness (QED) is 0.810. The van der Waals surface area contributed by atoms with Gasteiger partial charge in [-0.15, -0.1) is 0 Å². The van der Waals surface area contributed by atoms with Crippen LogP contribution in [-0.2, 0) is 0 Å². The van der Waals surface area contributed by atoms with Crippen molar-refractivity contribution < 1.29 is 0 Å². The zero-order valence-corrected chi connectivity index (χ0v) is 10.5. The van der Waals surface area contributed by atoms with Gasteiger partial charge in [-0.05, 0) is 37.1 Å². The molecular weight excluding hydrogens is 230 g/mol. The first-order valence-corrected chi connectivity index (χ1v) is 5.98. The molecule has 0 radical (unpaired) electrons. The molecule has 0 saturated heterocycles. The van der Waals surface area contributed by atoms with Crippen molar-refractivity contribution in [2.75, 3.05) is 0 Å². The van der Waals surface area contributed by atoms with Gasteiger partial charge in [-0.1, -0.05) is 17.8 Å². The van der Waals surface area contributed by atoms with Crippen molar-refractivity contribution in [3.8, 4) is 6.07 Å². The van der Waals surface area contributed by atoms with Crippen LogP contribution in [0.15, 0.2) is 40.5 Å². The third-order valence-electron chi connectivity index (χ3n) is 2.44. The molecule has 0 atom stereocenters. The zero-order valence-electron chi connectivity index (χ0n) is 9.64. The smallest absolute Gasteiger partial charge is 0.158 e. The van der Waals surface area contributed by atoms with E-state index in [2.05, 4.69) is 42.0 Å². The first-order chi connectivity index (χ1) is 8.19. The normalized spacial score (nSPS) is 9.94. The Bertz CT molecular complexity index is 570. The lowest BCUT2D eigenvalue weighted by Crippen LogP contribution is -1.87. The summed E-state index contributed by atoms with van der Waals surface area (Å²) >= 11 is 1.55. The number of rotatable bonds is 2. The van der Waals surface area contributed by atoms with Crippen LogP contribution in [0.2, 0.25) is 0 Å². The van der Waals surface area contributed by atoms with Crippen molar-refractivity contribution in [1.82, 2.24) is 9.97 Å². The van der Waals surface area contributed by atoms with Gasteiger partial charge in [-0.25, -0.2) is 9.97 Å². The molecular formula is C13H11N3S. The van der Waals surface area contributed by atoms with Crippen molar-refractivity contribution in [2.45, 2.75) is 23.8 Å². The second-order valence-electron chi connectivity index (χ2n) is 3.70. The Labute approximate surface area is 105 Å². The summed E-state index contributed by atoms with van der Waals surface area (Å²) in [6, 6.07) is 8.23. The summed E-state index contributed by atoms with van der Waals surface area (Å²) in [6.07, 6.45) is 3.11. The maximum atomic E-state index is 8.63. The topological polar surface area (TPSA) is 49.6 Å². The van der Waals surface area contributed by atoms with Crippen LogP contribution in [0.1, 0.15) is 16.8 Å². The molecule has 3 nitrogen and oxygen atoms in total. The average Bonchev–Trinajstić information content (AvgIpc) is 2.35. The fraction of sp³-hybridized carbons (Fsp3) is 0.154. The Hall–Kier alpha value is -1.86.